The molecule has 2 aromatic heterocycles. The predicted octanol–water partition coefficient (Wildman–Crippen LogP) is 5.14. The Bertz CT molecular complexity index is 1000. The van der Waals surface area contributed by atoms with Crippen molar-refractivity contribution < 1.29 is 19.1 Å². The largest absolute Gasteiger partial charge is 0.460 e. The van der Waals surface area contributed by atoms with E-state index in [4.69, 9.17) is 9.47 Å². The summed E-state index contributed by atoms with van der Waals surface area (Å²) in [5.74, 6) is -0.495. The molecule has 1 N–H and O–H groups in total. The SMILES string of the molecule is CC1=C(C(=O)OCCOC(C)C)[C@@H](c2cccs2)C2=C(C[C@@H](c3cccs3)CC2=O)N1. The molecule has 4 rings (SSSR count). The molecule has 31 heavy (non-hydrogen) atoms. The van der Waals surface area contributed by atoms with Crippen LogP contribution >= 0.6 is 22.7 Å². The van der Waals surface area contributed by atoms with Gasteiger partial charge in [-0.2, -0.15) is 0 Å². The smallest absolute Gasteiger partial charge is 0.336 e. The Morgan fingerprint density at radius 1 is 1.13 bits per heavy atom. The van der Waals surface area contributed by atoms with Crippen LogP contribution in [-0.2, 0) is 19.1 Å². The number of carbonyl (C=O) groups is 2. The van der Waals surface area contributed by atoms with E-state index >= 15 is 0 Å². The van der Waals surface area contributed by atoms with E-state index in [2.05, 4.69) is 16.8 Å². The third-order valence-electron chi connectivity index (χ3n) is 5.59. The van der Waals surface area contributed by atoms with Crippen LogP contribution in [0.4, 0.5) is 0 Å². The topological polar surface area (TPSA) is 64.6 Å². The molecule has 0 bridgehead atoms. The fourth-order valence-electron chi connectivity index (χ4n) is 4.27. The Balaban J connectivity index is 1.63. The average molecular weight is 458 g/mol. The molecule has 5 nitrogen and oxygen atoms in total. The number of allylic oxidation sites excluding steroid dienone is 3. The van der Waals surface area contributed by atoms with Gasteiger partial charge in [-0.3, -0.25) is 4.79 Å². The standard InChI is InChI=1S/C24H27NO4S2/c1-14(2)28-8-9-29-24(27)21-15(3)25-17-12-16(19-6-4-10-30-19)13-18(26)22(17)23(21)20-7-5-11-31-20/h4-7,10-11,14,16,23,25H,8-9,12-13H2,1-3H3/t16-,23-/m1/s1. The zero-order chi connectivity index (χ0) is 22.0. The van der Waals surface area contributed by atoms with Gasteiger partial charge >= 0.3 is 5.97 Å². The minimum atomic E-state index is -0.393. The van der Waals surface area contributed by atoms with Crippen molar-refractivity contribution in [1.82, 2.24) is 5.32 Å². The van der Waals surface area contributed by atoms with E-state index in [0.717, 1.165) is 22.7 Å². The van der Waals surface area contributed by atoms with E-state index in [-0.39, 0.29) is 30.3 Å². The van der Waals surface area contributed by atoms with Gasteiger partial charge in [0.15, 0.2) is 5.78 Å². The first kappa shape index (κ1) is 22.0. The molecule has 0 saturated carbocycles. The summed E-state index contributed by atoms with van der Waals surface area (Å²) in [6, 6.07) is 8.07. The Morgan fingerprint density at radius 2 is 1.84 bits per heavy atom. The molecular formula is C24H27NO4S2. The fraction of sp³-hybridized carbons (Fsp3) is 0.417. The molecule has 2 aliphatic rings. The summed E-state index contributed by atoms with van der Waals surface area (Å²) in [6.07, 6.45) is 1.32. The molecule has 3 heterocycles. The van der Waals surface area contributed by atoms with Gasteiger partial charge in [0.1, 0.15) is 6.61 Å². The zero-order valence-electron chi connectivity index (χ0n) is 18.0. The maximum atomic E-state index is 13.4. The minimum Gasteiger partial charge on any atom is -0.460 e. The third kappa shape index (κ3) is 4.68. The number of hydrogen-bond acceptors (Lipinski definition) is 7. The van der Waals surface area contributed by atoms with Crippen LogP contribution in [-0.4, -0.2) is 31.1 Å². The van der Waals surface area contributed by atoms with Crippen molar-refractivity contribution in [3.05, 3.63) is 67.3 Å². The van der Waals surface area contributed by atoms with E-state index in [1.807, 2.05) is 44.4 Å². The van der Waals surface area contributed by atoms with Gasteiger partial charge in [0.05, 0.1) is 24.2 Å². The molecule has 1 aliphatic carbocycles. The number of rotatable bonds is 7. The molecule has 2 atom stereocenters. The van der Waals surface area contributed by atoms with Crippen LogP contribution in [0.2, 0.25) is 0 Å². The summed E-state index contributed by atoms with van der Waals surface area (Å²) >= 11 is 3.25. The van der Waals surface area contributed by atoms with Crippen LogP contribution in [0.15, 0.2) is 57.6 Å². The summed E-state index contributed by atoms with van der Waals surface area (Å²) in [6.45, 7) is 6.31. The summed E-state index contributed by atoms with van der Waals surface area (Å²) in [5.41, 5.74) is 2.93. The van der Waals surface area contributed by atoms with E-state index in [0.29, 0.717) is 24.2 Å². The van der Waals surface area contributed by atoms with Gasteiger partial charge < -0.3 is 14.8 Å². The van der Waals surface area contributed by atoms with Crippen LogP contribution in [0.1, 0.15) is 55.2 Å². The number of Topliss-reactive ketones (excluding diaryl/α,β-unsaturated/α-hetero) is 1. The van der Waals surface area contributed by atoms with Crippen molar-refractivity contribution in [2.45, 2.75) is 51.6 Å². The molecule has 164 valence electrons. The van der Waals surface area contributed by atoms with E-state index in [9.17, 15) is 9.59 Å². The van der Waals surface area contributed by atoms with Crippen molar-refractivity contribution in [3.63, 3.8) is 0 Å². The van der Waals surface area contributed by atoms with Crippen LogP contribution in [0.3, 0.4) is 0 Å². The highest BCUT2D eigenvalue weighted by Crippen LogP contribution is 2.47. The Hall–Kier alpha value is -2.22. The first-order chi connectivity index (χ1) is 15.0. The first-order valence-corrected chi connectivity index (χ1v) is 12.3. The molecule has 2 aromatic rings. The Kier molecular flexibility index (Phi) is 6.74. The van der Waals surface area contributed by atoms with Crippen molar-refractivity contribution in [2.75, 3.05) is 13.2 Å². The highest BCUT2D eigenvalue weighted by atomic mass is 32.1. The minimum absolute atomic E-state index is 0.0822. The second-order valence-electron chi connectivity index (χ2n) is 8.10. The Morgan fingerprint density at radius 3 is 2.48 bits per heavy atom. The molecule has 0 spiro atoms. The molecule has 0 fully saturated rings. The monoisotopic (exact) mass is 457 g/mol. The molecule has 0 aromatic carbocycles. The maximum Gasteiger partial charge on any atom is 0.336 e. The van der Waals surface area contributed by atoms with E-state index in [1.54, 1.807) is 22.7 Å². The second kappa shape index (κ2) is 9.51. The summed E-state index contributed by atoms with van der Waals surface area (Å²) < 4.78 is 11.0. The number of thiophene rings is 2. The van der Waals surface area contributed by atoms with Gasteiger partial charge in [-0.15, -0.1) is 22.7 Å². The fourth-order valence-corrected chi connectivity index (χ4v) is 5.94. The highest BCUT2D eigenvalue weighted by molar-refractivity contribution is 7.10. The Labute approximate surface area is 190 Å². The highest BCUT2D eigenvalue weighted by Gasteiger charge is 2.41. The van der Waals surface area contributed by atoms with Gasteiger partial charge in [0, 0.05) is 39.1 Å². The molecule has 1 aliphatic heterocycles. The van der Waals surface area contributed by atoms with Gasteiger partial charge in [0.2, 0.25) is 0 Å². The lowest BCUT2D eigenvalue weighted by atomic mass is 9.74. The zero-order valence-corrected chi connectivity index (χ0v) is 19.6. The van der Waals surface area contributed by atoms with E-state index < -0.39 is 5.97 Å². The van der Waals surface area contributed by atoms with Crippen molar-refractivity contribution >= 4 is 34.4 Å². The number of ether oxygens (including phenoxy) is 2. The van der Waals surface area contributed by atoms with Crippen molar-refractivity contribution in [3.8, 4) is 0 Å². The molecule has 0 unspecified atom stereocenters. The lowest BCUT2D eigenvalue weighted by Crippen LogP contribution is -2.36. The summed E-state index contributed by atoms with van der Waals surface area (Å²) in [5, 5.41) is 7.42. The van der Waals surface area contributed by atoms with Crippen molar-refractivity contribution in [2.24, 2.45) is 0 Å². The number of hydrogen-bond donors (Lipinski definition) is 1. The predicted molar refractivity (Wildman–Crippen MR) is 123 cm³/mol. The van der Waals surface area contributed by atoms with Crippen molar-refractivity contribution in [1.29, 1.82) is 0 Å². The normalized spacial score (nSPS) is 21.4. The quantitative estimate of drug-likeness (QED) is 0.461. The van der Waals surface area contributed by atoms with Gasteiger partial charge in [0.25, 0.3) is 0 Å². The molecular weight excluding hydrogens is 430 g/mol. The number of ketones is 1. The molecule has 0 radical (unpaired) electrons. The number of nitrogens with one attached hydrogen (secondary N) is 1. The van der Waals surface area contributed by atoms with Crippen LogP contribution in [0, 0.1) is 0 Å². The van der Waals surface area contributed by atoms with Crippen LogP contribution in [0.25, 0.3) is 0 Å². The molecule has 0 saturated heterocycles. The van der Waals surface area contributed by atoms with E-state index in [1.165, 1.54) is 4.88 Å². The number of esters is 1. The first-order valence-electron chi connectivity index (χ1n) is 10.5. The summed E-state index contributed by atoms with van der Waals surface area (Å²) in [7, 11) is 0. The molecule has 0 amide bonds. The maximum absolute atomic E-state index is 13.4. The second-order valence-corrected chi connectivity index (χ2v) is 10.1. The summed E-state index contributed by atoms with van der Waals surface area (Å²) in [4.78, 5) is 28.7. The average Bonchev–Trinajstić information content (AvgIpc) is 3.44. The third-order valence-corrected chi connectivity index (χ3v) is 7.56. The molecule has 7 heteroatoms. The lowest BCUT2D eigenvalue weighted by molar-refractivity contribution is -0.141. The van der Waals surface area contributed by atoms with Crippen LogP contribution in [0.5, 0.6) is 0 Å². The van der Waals surface area contributed by atoms with Gasteiger partial charge in [-0.05, 0) is 50.1 Å². The lowest BCUT2D eigenvalue weighted by Gasteiger charge is -2.35. The number of carbonyl (C=O) groups excluding carboxylic acids is 2. The van der Waals surface area contributed by atoms with Crippen LogP contribution < -0.4 is 5.32 Å². The van der Waals surface area contributed by atoms with Gasteiger partial charge in [-0.1, -0.05) is 12.1 Å². The number of dihydropyridines is 1. The van der Waals surface area contributed by atoms with Gasteiger partial charge in [-0.25, -0.2) is 4.79 Å².